The van der Waals surface area contributed by atoms with Gasteiger partial charge in [0.05, 0.1) is 6.10 Å². The highest BCUT2D eigenvalue weighted by Crippen LogP contribution is 2.25. The molecule has 1 saturated heterocycles. The Kier molecular flexibility index (Phi) is 7.02. The Morgan fingerprint density at radius 1 is 1.30 bits per heavy atom. The van der Waals surface area contributed by atoms with Gasteiger partial charge in [0.15, 0.2) is 0 Å². The quantitative estimate of drug-likeness (QED) is 0.839. The van der Waals surface area contributed by atoms with Crippen molar-refractivity contribution in [1.82, 2.24) is 0 Å². The van der Waals surface area contributed by atoms with Crippen LogP contribution in [-0.4, -0.2) is 44.5 Å². The van der Waals surface area contributed by atoms with E-state index in [9.17, 15) is 4.79 Å². The van der Waals surface area contributed by atoms with Crippen LogP contribution < -0.4 is 5.73 Å². The van der Waals surface area contributed by atoms with Gasteiger partial charge >= 0.3 is 5.97 Å². The number of carbonyl (C=O) groups is 1. The predicted molar refractivity (Wildman–Crippen MR) is 88.0 cm³/mol. The van der Waals surface area contributed by atoms with Crippen LogP contribution in [0.2, 0.25) is 0 Å². The molecule has 0 spiro atoms. The number of cyclic esters (lactones) is 1. The molecule has 1 aliphatic rings. The molecule has 1 aromatic rings. The standard InChI is InChI=1S/C18H27NO4/c1-13-15(12-14-6-4-3-5-7-14)17(9-10-21-2)22-11-8-16(19)18(20)23-13/h3-7,13,15-17H,8-12,19H2,1-2H3/t13-,15-,16?,17+/m0/s1. The second kappa shape index (κ2) is 9.01. The summed E-state index contributed by atoms with van der Waals surface area (Å²) in [5.74, 6) is -0.270. The van der Waals surface area contributed by atoms with Crippen molar-refractivity contribution < 1.29 is 19.0 Å². The van der Waals surface area contributed by atoms with Gasteiger partial charge in [0.25, 0.3) is 0 Å². The molecular weight excluding hydrogens is 294 g/mol. The predicted octanol–water partition coefficient (Wildman–Crippen LogP) is 1.93. The first-order valence-corrected chi connectivity index (χ1v) is 8.22. The van der Waals surface area contributed by atoms with Crippen LogP contribution in [0.15, 0.2) is 30.3 Å². The second-order valence-corrected chi connectivity index (χ2v) is 6.08. The van der Waals surface area contributed by atoms with E-state index in [4.69, 9.17) is 19.9 Å². The lowest BCUT2D eigenvalue weighted by Gasteiger charge is -2.31. The van der Waals surface area contributed by atoms with E-state index in [-0.39, 0.29) is 24.1 Å². The number of methoxy groups -OCH3 is 1. The van der Waals surface area contributed by atoms with Crippen LogP contribution >= 0.6 is 0 Å². The third-order valence-corrected chi connectivity index (χ3v) is 4.37. The van der Waals surface area contributed by atoms with Gasteiger partial charge in [-0.15, -0.1) is 0 Å². The molecule has 1 aliphatic heterocycles. The van der Waals surface area contributed by atoms with Gasteiger partial charge in [0.1, 0.15) is 12.1 Å². The van der Waals surface area contributed by atoms with Crippen molar-refractivity contribution in [2.24, 2.45) is 11.7 Å². The average molecular weight is 321 g/mol. The largest absolute Gasteiger partial charge is 0.461 e. The Bertz CT molecular complexity index is 479. The van der Waals surface area contributed by atoms with Crippen molar-refractivity contribution in [3.63, 3.8) is 0 Å². The lowest BCUT2D eigenvalue weighted by molar-refractivity contribution is -0.153. The summed E-state index contributed by atoms with van der Waals surface area (Å²) in [5.41, 5.74) is 7.05. The molecule has 2 rings (SSSR count). The number of ether oxygens (including phenoxy) is 3. The summed E-state index contributed by atoms with van der Waals surface area (Å²) in [6.45, 7) is 3.00. The zero-order valence-electron chi connectivity index (χ0n) is 13.9. The van der Waals surface area contributed by atoms with E-state index in [0.717, 1.165) is 12.8 Å². The van der Waals surface area contributed by atoms with Gasteiger partial charge in [-0.2, -0.15) is 0 Å². The van der Waals surface area contributed by atoms with Crippen LogP contribution in [0.25, 0.3) is 0 Å². The van der Waals surface area contributed by atoms with Gasteiger partial charge in [-0.25, -0.2) is 0 Å². The summed E-state index contributed by atoms with van der Waals surface area (Å²) in [6, 6.07) is 9.58. The van der Waals surface area contributed by atoms with Crippen molar-refractivity contribution in [1.29, 1.82) is 0 Å². The molecule has 5 heteroatoms. The second-order valence-electron chi connectivity index (χ2n) is 6.08. The number of benzene rings is 1. The van der Waals surface area contributed by atoms with E-state index < -0.39 is 6.04 Å². The van der Waals surface area contributed by atoms with Gasteiger partial charge in [-0.05, 0) is 31.7 Å². The molecule has 5 nitrogen and oxygen atoms in total. The molecule has 0 radical (unpaired) electrons. The molecule has 1 unspecified atom stereocenters. The van der Waals surface area contributed by atoms with Crippen molar-refractivity contribution in [3.8, 4) is 0 Å². The fourth-order valence-corrected chi connectivity index (χ4v) is 2.96. The van der Waals surface area contributed by atoms with Crippen LogP contribution in [-0.2, 0) is 25.4 Å². The summed E-state index contributed by atoms with van der Waals surface area (Å²) < 4.78 is 16.9. The van der Waals surface area contributed by atoms with Crippen molar-refractivity contribution >= 4 is 5.97 Å². The molecular formula is C18H27NO4. The molecule has 23 heavy (non-hydrogen) atoms. The van der Waals surface area contributed by atoms with Gasteiger partial charge < -0.3 is 19.9 Å². The first-order chi connectivity index (χ1) is 11.1. The summed E-state index contributed by atoms with van der Waals surface area (Å²) >= 11 is 0. The lowest BCUT2D eigenvalue weighted by Crippen LogP contribution is -2.38. The Morgan fingerprint density at radius 2 is 2.04 bits per heavy atom. The zero-order valence-corrected chi connectivity index (χ0v) is 13.9. The SMILES string of the molecule is COCC[C@H]1OCCC(N)C(=O)O[C@@H](C)[C@@H]1Cc1ccccc1. The summed E-state index contributed by atoms with van der Waals surface area (Å²) in [5, 5.41) is 0. The number of nitrogens with two attached hydrogens (primary N) is 1. The highest BCUT2D eigenvalue weighted by atomic mass is 16.6. The molecule has 1 aromatic carbocycles. The maximum absolute atomic E-state index is 12.0. The highest BCUT2D eigenvalue weighted by molar-refractivity contribution is 5.75. The Morgan fingerprint density at radius 3 is 2.74 bits per heavy atom. The van der Waals surface area contributed by atoms with E-state index >= 15 is 0 Å². The van der Waals surface area contributed by atoms with E-state index in [1.807, 2.05) is 25.1 Å². The van der Waals surface area contributed by atoms with Gasteiger partial charge in [-0.1, -0.05) is 30.3 Å². The minimum absolute atomic E-state index is 0.0248. The van der Waals surface area contributed by atoms with Crippen LogP contribution in [0.5, 0.6) is 0 Å². The third-order valence-electron chi connectivity index (χ3n) is 4.37. The molecule has 1 heterocycles. The molecule has 0 amide bonds. The third kappa shape index (κ3) is 5.30. The molecule has 1 fully saturated rings. The number of hydrogen-bond acceptors (Lipinski definition) is 5. The first-order valence-electron chi connectivity index (χ1n) is 8.22. The Balaban J connectivity index is 2.18. The maximum Gasteiger partial charge on any atom is 0.323 e. The lowest BCUT2D eigenvalue weighted by atomic mass is 9.88. The average Bonchev–Trinajstić information content (AvgIpc) is 2.60. The minimum Gasteiger partial charge on any atom is -0.461 e. The minimum atomic E-state index is -0.615. The fraction of sp³-hybridized carbons (Fsp3) is 0.611. The maximum atomic E-state index is 12.0. The van der Waals surface area contributed by atoms with Crippen LogP contribution in [0.4, 0.5) is 0 Å². The number of rotatable bonds is 5. The molecule has 0 saturated carbocycles. The molecule has 0 aliphatic carbocycles. The number of hydrogen-bond donors (Lipinski definition) is 1. The first kappa shape index (κ1) is 17.9. The Hall–Kier alpha value is -1.43. The van der Waals surface area contributed by atoms with Gasteiger partial charge in [0, 0.05) is 26.2 Å². The fourth-order valence-electron chi connectivity index (χ4n) is 2.96. The van der Waals surface area contributed by atoms with E-state index in [1.165, 1.54) is 5.56 Å². The van der Waals surface area contributed by atoms with Gasteiger partial charge in [0.2, 0.25) is 0 Å². The smallest absolute Gasteiger partial charge is 0.323 e. The van der Waals surface area contributed by atoms with Gasteiger partial charge in [-0.3, -0.25) is 4.79 Å². The molecule has 4 atom stereocenters. The molecule has 128 valence electrons. The van der Waals surface area contributed by atoms with Crippen molar-refractivity contribution in [3.05, 3.63) is 35.9 Å². The monoisotopic (exact) mass is 321 g/mol. The van der Waals surface area contributed by atoms with E-state index in [1.54, 1.807) is 7.11 Å². The summed E-state index contributed by atoms with van der Waals surface area (Å²) in [7, 11) is 1.68. The zero-order chi connectivity index (χ0) is 16.7. The molecule has 2 N–H and O–H groups in total. The van der Waals surface area contributed by atoms with Crippen LogP contribution in [0.3, 0.4) is 0 Å². The number of carbonyl (C=O) groups excluding carboxylic acids is 1. The normalized spacial score (nSPS) is 29.3. The number of esters is 1. The Labute approximate surface area is 138 Å². The van der Waals surface area contributed by atoms with Crippen LogP contribution in [0.1, 0.15) is 25.3 Å². The van der Waals surface area contributed by atoms with E-state index in [2.05, 4.69) is 12.1 Å². The van der Waals surface area contributed by atoms with Crippen molar-refractivity contribution in [2.75, 3.05) is 20.3 Å². The van der Waals surface area contributed by atoms with E-state index in [0.29, 0.717) is 19.6 Å². The topological polar surface area (TPSA) is 70.8 Å². The molecule has 0 bridgehead atoms. The summed E-state index contributed by atoms with van der Waals surface area (Å²) in [6.07, 6.45) is 1.76. The molecule has 0 aromatic heterocycles. The summed E-state index contributed by atoms with van der Waals surface area (Å²) in [4.78, 5) is 12.0. The van der Waals surface area contributed by atoms with Crippen molar-refractivity contribution in [2.45, 2.75) is 44.4 Å². The van der Waals surface area contributed by atoms with Crippen LogP contribution in [0, 0.1) is 5.92 Å². The highest BCUT2D eigenvalue weighted by Gasteiger charge is 2.33.